The molecule has 21 nitrogen and oxygen atoms in total. The van der Waals surface area contributed by atoms with Gasteiger partial charge in [-0.2, -0.15) is 0 Å². The van der Waals surface area contributed by atoms with Crippen LogP contribution in [-0.4, -0.2) is 90.5 Å². The van der Waals surface area contributed by atoms with Gasteiger partial charge in [-0.25, -0.2) is 4.79 Å². The minimum atomic E-state index is -1.03. The number of carbonyl (C=O) groups is 5. The Labute approximate surface area is 804 Å². The fourth-order valence-corrected chi connectivity index (χ4v) is 20.2. The Morgan fingerprint density at radius 3 is 1.18 bits per heavy atom. The predicted octanol–water partition coefficient (Wildman–Crippen LogP) is 25.7. The monoisotopic (exact) mass is 1980 g/mol. The molecule has 17 rings (SSSR count). The quantitative estimate of drug-likeness (QED) is 0.0364. The summed E-state index contributed by atoms with van der Waals surface area (Å²) in [6.45, 7) is 13.7. The number of carboxylic acid groups (broad SMARTS) is 5. The Kier molecular flexibility index (Phi) is 30.7. The van der Waals surface area contributed by atoms with Crippen LogP contribution in [0, 0.1) is 22.7 Å². The molecular formula is C99H90Cl10N6O15S. The van der Waals surface area contributed by atoms with Crippen LogP contribution in [0.2, 0.25) is 50.2 Å². The molecule has 10 aromatic carbocycles. The van der Waals surface area contributed by atoms with Gasteiger partial charge in [-0.05, 0) is 238 Å². The summed E-state index contributed by atoms with van der Waals surface area (Å²) in [5.41, 5.74) is 7.14. The van der Waals surface area contributed by atoms with Gasteiger partial charge in [0, 0.05) is 70.5 Å². The number of pyridine rings is 5. The third kappa shape index (κ3) is 21.3. The average Bonchev–Trinajstić information content (AvgIpc) is 0.750. The van der Waals surface area contributed by atoms with Crippen molar-refractivity contribution in [3.05, 3.63) is 270 Å². The summed E-state index contributed by atoms with van der Waals surface area (Å²) < 4.78 is 7.82. The van der Waals surface area contributed by atoms with Crippen LogP contribution in [0.15, 0.2) is 187 Å². The second-order valence-corrected chi connectivity index (χ2v) is 39.9. The van der Waals surface area contributed by atoms with E-state index in [1.54, 1.807) is 121 Å². The third-order valence-electron chi connectivity index (χ3n) is 24.1. The number of rotatable bonds is 17. The van der Waals surface area contributed by atoms with Gasteiger partial charge in [0.05, 0.1) is 105 Å². The first-order chi connectivity index (χ1) is 62.0. The van der Waals surface area contributed by atoms with Gasteiger partial charge in [-0.1, -0.05) is 195 Å². The molecule has 2 atom stereocenters. The maximum atomic E-state index is 13.1. The van der Waals surface area contributed by atoms with Crippen molar-refractivity contribution in [1.29, 1.82) is 0 Å². The average molecular weight is 1990 g/mol. The lowest BCUT2D eigenvalue weighted by Crippen LogP contribution is -2.25. The summed E-state index contributed by atoms with van der Waals surface area (Å²) >= 11 is 63.8. The number of benzene rings is 10. The van der Waals surface area contributed by atoms with E-state index in [2.05, 4.69) is 46.9 Å². The normalized spacial score (nSPS) is 15.2. The summed E-state index contributed by atoms with van der Waals surface area (Å²) in [7, 11) is 0. The van der Waals surface area contributed by atoms with Gasteiger partial charge in [0.2, 0.25) is 0 Å². The van der Waals surface area contributed by atoms with Crippen LogP contribution in [0.4, 0.5) is 5.69 Å². The van der Waals surface area contributed by atoms with Crippen LogP contribution in [0.3, 0.4) is 0 Å². The van der Waals surface area contributed by atoms with E-state index in [4.69, 9.17) is 116 Å². The van der Waals surface area contributed by atoms with E-state index in [-0.39, 0.29) is 104 Å². The maximum absolute atomic E-state index is 13.1. The molecule has 682 valence electrons. The van der Waals surface area contributed by atoms with Gasteiger partial charge >= 0.3 is 29.8 Å². The number of aromatic nitrogens is 5. The van der Waals surface area contributed by atoms with Crippen molar-refractivity contribution in [3.8, 4) is 0 Å². The Morgan fingerprint density at radius 1 is 0.435 bits per heavy atom. The molecule has 15 aromatic rings. The highest BCUT2D eigenvalue weighted by Gasteiger charge is 2.31. The van der Waals surface area contributed by atoms with Crippen LogP contribution in [-0.2, 0) is 63.0 Å². The molecule has 0 amide bonds. The lowest BCUT2D eigenvalue weighted by atomic mass is 9.70. The molecule has 2 saturated carbocycles. The summed E-state index contributed by atoms with van der Waals surface area (Å²) in [6, 6.07) is 44.3. The molecule has 131 heavy (non-hydrogen) atoms. The Hall–Kier alpha value is -10.1. The highest BCUT2D eigenvalue weighted by Crippen LogP contribution is 2.43. The number of hydrogen-bond donors (Lipinski definition) is 6. The number of nitrogens with one attached hydrogen (secondary N) is 1. The Balaban J connectivity index is 0.000000140. The van der Waals surface area contributed by atoms with Crippen LogP contribution >= 0.6 is 128 Å². The van der Waals surface area contributed by atoms with Crippen molar-refractivity contribution in [2.75, 3.05) is 11.6 Å². The van der Waals surface area contributed by atoms with Gasteiger partial charge in [0.25, 0.3) is 0 Å². The zero-order valence-electron chi connectivity index (χ0n) is 72.2. The van der Waals surface area contributed by atoms with E-state index in [0.29, 0.717) is 131 Å². The fraction of sp³-hybridized carbons (Fsp3) is 0.293. The third-order valence-corrected chi connectivity index (χ3v) is 28.8. The number of nitrogens with zero attached hydrogens (tertiary/aromatic N) is 5. The number of aryl methyl sites for hydroxylation is 1. The van der Waals surface area contributed by atoms with E-state index in [9.17, 15) is 73.5 Å². The first kappa shape index (κ1) is 98.5. The predicted molar refractivity (Wildman–Crippen MR) is 536 cm³/mol. The summed E-state index contributed by atoms with van der Waals surface area (Å²) in [5.74, 6) is -3.75. The molecule has 0 bridgehead atoms. The zero-order chi connectivity index (χ0) is 95.0. The van der Waals surface area contributed by atoms with E-state index in [1.165, 1.54) is 67.8 Å². The van der Waals surface area contributed by atoms with Crippen LogP contribution < -0.4 is 32.5 Å². The highest BCUT2D eigenvalue weighted by atomic mass is 35.5. The molecule has 0 radical (unpaired) electrons. The largest absolute Gasteiger partial charge is 0.480 e. The van der Waals surface area contributed by atoms with Crippen molar-refractivity contribution >= 4 is 272 Å². The van der Waals surface area contributed by atoms with Crippen LogP contribution in [0.25, 0.3) is 109 Å². The highest BCUT2D eigenvalue weighted by molar-refractivity contribution is 7.98. The maximum Gasteiger partial charge on any atom is 0.326 e. The van der Waals surface area contributed by atoms with Gasteiger partial charge in [-0.15, -0.1) is 11.8 Å². The Bertz CT molecular complexity index is 7530. The van der Waals surface area contributed by atoms with Crippen molar-refractivity contribution in [2.45, 2.75) is 162 Å². The molecule has 0 saturated heterocycles. The molecule has 6 N–H and O–H groups in total. The molecule has 5 heterocycles. The zero-order valence-corrected chi connectivity index (χ0v) is 80.5. The summed E-state index contributed by atoms with van der Waals surface area (Å²) in [5, 5.41) is 57.1. The molecule has 5 aromatic heterocycles. The summed E-state index contributed by atoms with van der Waals surface area (Å²) in [4.78, 5) is 123. The fourth-order valence-electron chi connectivity index (χ4n) is 17.7. The number of anilines is 1. The summed E-state index contributed by atoms with van der Waals surface area (Å²) in [6.07, 6.45) is 14.1. The second-order valence-electron chi connectivity index (χ2n) is 35.1. The smallest absolute Gasteiger partial charge is 0.326 e. The van der Waals surface area contributed by atoms with Crippen molar-refractivity contribution in [1.82, 2.24) is 22.8 Å². The first-order valence-electron chi connectivity index (χ1n) is 42.0. The molecule has 32 heteroatoms. The second kappa shape index (κ2) is 40.8. The number of para-hydroxylation sites is 1. The lowest BCUT2D eigenvalue weighted by molar-refractivity contribution is -0.140. The molecular weight excluding hydrogens is 1900 g/mol. The van der Waals surface area contributed by atoms with Gasteiger partial charge < -0.3 is 53.7 Å². The van der Waals surface area contributed by atoms with Crippen molar-refractivity contribution in [3.63, 3.8) is 0 Å². The topological polar surface area (TPSA) is 309 Å². The standard InChI is InChI=1S/C24H25Cl2NO3.C22H22Cl2N2O3.C21H21Cl2NO3.C16H11Cl2NO3S.C16H11Cl2NO3/c1-24(2)9-3-4-15(12-24)10-14-5-6-16-19(11-14)27(13-20(28)29)22-17(23(16)30)7-8-18(25)21(22)26;1-12-2-4-13(5-3-12)25-14-6-7-15-18(10-14)26(11-19(27)28)21-16(22(15)29)8-9-17(23)20(21)24;1-21(2,3)9-8-12-4-5-13-16(10-12)24(11-17(25)26)19-14(20(13)27)6-7-15(22)18(19)23;1-23-8-2-3-9-12(6-8)19(7-13(20)21)15-10(16(9)22)4-5-11(17)14(15)18;1-8(16(21)22)19-12-5-3-2-4-9(12)15(20)10-6-7-11(17)13(18)14(10)19/h5-8,11,15H,3-4,9-10,12-13H2,1-2H3,(H,28,29);6-10,12-13,25H,2-5,11H2,1H3,(H,27,28);4-7,10H,8-9,11H2,1-3H3,(H,25,26);2-6H,7H2,1H3,(H,20,21);2-8H,1H3,(H,21,22). The lowest BCUT2D eigenvalue weighted by Gasteiger charge is -2.35. The van der Waals surface area contributed by atoms with E-state index < -0.39 is 35.9 Å². The SMILES string of the molecule is CC(C(=O)O)n1c2ccccc2c(=O)c2ccc(Cl)c(Cl)c21.CC(C)(C)CCc1ccc2c(=O)c3ccc(Cl)c(Cl)c3n(CC(=O)O)c2c1.CC1(C)CCCC(Cc2ccc3c(=O)c4ccc(Cl)c(Cl)c4n(CC(=O)O)c3c2)C1.CC1CCC(Nc2ccc3c(=O)c4ccc(Cl)c(Cl)c4n(CC(=O)O)c3c2)CC1.CSc1ccc2c(=O)c3ccc(Cl)c(Cl)c3n(CC(=O)O)c2c1. The number of hydrogen-bond acceptors (Lipinski definition) is 12. The number of halogens is 10. The minimum Gasteiger partial charge on any atom is -0.480 e. The molecule has 2 aliphatic rings. The first-order valence-corrected chi connectivity index (χ1v) is 47.0. The number of fused-ring (bicyclic) bond motifs is 10. The molecule has 2 unspecified atom stereocenters. The van der Waals surface area contributed by atoms with E-state index >= 15 is 0 Å². The number of thioether (sulfide) groups is 1. The number of aliphatic carboxylic acids is 5. The molecule has 2 fully saturated rings. The molecule has 2 aliphatic carbocycles. The van der Waals surface area contributed by atoms with Gasteiger partial charge in [0.15, 0.2) is 27.1 Å². The van der Waals surface area contributed by atoms with Crippen molar-refractivity contribution < 1.29 is 49.5 Å². The Morgan fingerprint density at radius 2 is 0.786 bits per heavy atom. The van der Waals surface area contributed by atoms with Gasteiger partial charge in [0.1, 0.15) is 32.2 Å². The van der Waals surface area contributed by atoms with E-state index in [0.717, 1.165) is 59.7 Å². The van der Waals surface area contributed by atoms with E-state index in [1.807, 2.05) is 54.8 Å². The molecule has 0 spiro atoms. The number of carboxylic acids is 5. The van der Waals surface area contributed by atoms with Crippen molar-refractivity contribution in [2.24, 2.45) is 22.7 Å². The van der Waals surface area contributed by atoms with Crippen LogP contribution in [0.1, 0.15) is 123 Å². The minimum absolute atomic E-state index is 0.162. The molecule has 0 aliphatic heterocycles. The van der Waals surface area contributed by atoms with Crippen LogP contribution in [0.5, 0.6) is 0 Å². The van der Waals surface area contributed by atoms with Gasteiger partial charge in [-0.3, -0.25) is 43.2 Å².